The van der Waals surface area contributed by atoms with E-state index in [2.05, 4.69) is 25.1 Å². The molecule has 0 saturated heterocycles. The van der Waals surface area contributed by atoms with Crippen LogP contribution in [-0.4, -0.2) is 42.2 Å². The fourth-order valence-electron chi connectivity index (χ4n) is 5.19. The first-order valence-corrected chi connectivity index (χ1v) is 10.1. The molecule has 0 unspecified atom stereocenters. The van der Waals surface area contributed by atoms with Gasteiger partial charge >= 0.3 is 5.97 Å². The Morgan fingerprint density at radius 3 is 2.73 bits per heavy atom. The highest BCUT2D eigenvalue weighted by Gasteiger charge is 2.58. The topological polar surface area (TPSA) is 49.8 Å². The van der Waals surface area contributed by atoms with Crippen molar-refractivity contribution in [3.63, 3.8) is 0 Å². The van der Waals surface area contributed by atoms with Gasteiger partial charge < -0.3 is 14.7 Å². The summed E-state index contributed by atoms with van der Waals surface area (Å²) >= 11 is 0. The van der Waals surface area contributed by atoms with Gasteiger partial charge in [-0.3, -0.25) is 4.79 Å². The predicted molar refractivity (Wildman–Crippen MR) is 103 cm³/mol. The van der Waals surface area contributed by atoms with Gasteiger partial charge in [-0.2, -0.15) is 0 Å². The third kappa shape index (κ3) is 3.36. The van der Waals surface area contributed by atoms with Gasteiger partial charge in [0.15, 0.2) is 0 Å². The van der Waals surface area contributed by atoms with E-state index in [-0.39, 0.29) is 11.4 Å². The quantitative estimate of drug-likeness (QED) is 0.774. The van der Waals surface area contributed by atoms with Gasteiger partial charge in [0.1, 0.15) is 11.4 Å². The van der Waals surface area contributed by atoms with Gasteiger partial charge in [-0.25, -0.2) is 0 Å². The van der Waals surface area contributed by atoms with Crippen molar-refractivity contribution in [1.82, 2.24) is 4.90 Å². The van der Waals surface area contributed by atoms with Gasteiger partial charge in [-0.1, -0.05) is 19.4 Å². The molecule has 1 saturated carbocycles. The van der Waals surface area contributed by atoms with E-state index in [9.17, 15) is 9.90 Å². The number of carbonyl (C=O) groups is 1. The zero-order valence-corrected chi connectivity index (χ0v) is 16.5. The van der Waals surface area contributed by atoms with Crippen molar-refractivity contribution in [2.75, 3.05) is 20.6 Å². The summed E-state index contributed by atoms with van der Waals surface area (Å²) in [4.78, 5) is 14.7. The molecule has 2 aliphatic carbocycles. The Morgan fingerprint density at radius 2 is 2.00 bits per heavy atom. The molecule has 2 atom stereocenters. The van der Waals surface area contributed by atoms with Gasteiger partial charge in [-0.15, -0.1) is 0 Å². The lowest BCUT2D eigenvalue weighted by Gasteiger charge is -2.56. The largest absolute Gasteiger partial charge is 0.508 e. The molecule has 0 heterocycles. The molecule has 0 radical (unpaired) electrons. The fraction of sp³-hybridized carbons (Fsp3) is 0.682. The van der Waals surface area contributed by atoms with E-state index in [0.29, 0.717) is 12.2 Å². The standard InChI is InChI=1S/C22H33NO3/c1-4-7-20(25)26-22-12-6-5-11-21(22,14-15-23(2)3)19-16-18(24)9-8-17(19)10-13-22/h8-9,16,24H,4-7,10-15H2,1-3H3/t21-,22+/m0/s1. The van der Waals surface area contributed by atoms with Crippen molar-refractivity contribution < 1.29 is 14.6 Å². The van der Waals surface area contributed by atoms with E-state index >= 15 is 0 Å². The Hall–Kier alpha value is -1.55. The molecule has 4 heteroatoms. The summed E-state index contributed by atoms with van der Waals surface area (Å²) in [5.41, 5.74) is 1.92. The van der Waals surface area contributed by atoms with Gasteiger partial charge in [0, 0.05) is 11.8 Å². The lowest BCUT2D eigenvalue weighted by molar-refractivity contribution is -0.179. The smallest absolute Gasteiger partial charge is 0.306 e. The first-order chi connectivity index (χ1) is 12.4. The molecule has 144 valence electrons. The summed E-state index contributed by atoms with van der Waals surface area (Å²) in [6, 6.07) is 5.80. The summed E-state index contributed by atoms with van der Waals surface area (Å²) < 4.78 is 6.32. The Labute approximate surface area is 157 Å². The number of hydrogen-bond acceptors (Lipinski definition) is 4. The number of fused-ring (bicyclic) bond motifs is 3. The second-order valence-electron chi connectivity index (χ2n) is 8.40. The van der Waals surface area contributed by atoms with E-state index in [4.69, 9.17) is 4.74 Å². The zero-order valence-electron chi connectivity index (χ0n) is 16.5. The Bertz CT molecular complexity index is 657. The molecule has 1 fully saturated rings. The number of phenols is 1. The minimum absolute atomic E-state index is 0.0627. The molecular weight excluding hydrogens is 326 g/mol. The van der Waals surface area contributed by atoms with Crippen LogP contribution in [0.3, 0.4) is 0 Å². The third-order valence-corrected chi connectivity index (χ3v) is 6.46. The van der Waals surface area contributed by atoms with Crippen LogP contribution in [0.2, 0.25) is 0 Å². The summed E-state index contributed by atoms with van der Waals surface area (Å²) in [6.45, 7) is 2.97. The Kier molecular flexibility index (Phi) is 5.61. The number of benzene rings is 1. The minimum Gasteiger partial charge on any atom is -0.508 e. The second kappa shape index (κ2) is 7.59. The molecule has 4 nitrogen and oxygen atoms in total. The Balaban J connectivity index is 2.08. The number of phenolic OH excluding ortho intramolecular Hbond substituents is 1. The van der Waals surface area contributed by atoms with E-state index in [1.807, 2.05) is 13.0 Å². The van der Waals surface area contributed by atoms with E-state index in [1.54, 1.807) is 6.07 Å². The van der Waals surface area contributed by atoms with E-state index < -0.39 is 5.60 Å². The van der Waals surface area contributed by atoms with Gasteiger partial charge in [0.05, 0.1) is 0 Å². The molecule has 1 aromatic carbocycles. The first-order valence-electron chi connectivity index (χ1n) is 10.1. The second-order valence-corrected chi connectivity index (χ2v) is 8.40. The van der Waals surface area contributed by atoms with Crippen LogP contribution in [0.25, 0.3) is 0 Å². The van der Waals surface area contributed by atoms with Gasteiger partial charge in [0.25, 0.3) is 0 Å². The van der Waals surface area contributed by atoms with Crippen molar-refractivity contribution in [1.29, 1.82) is 0 Å². The number of carbonyl (C=O) groups excluding carboxylic acids is 1. The maximum atomic E-state index is 12.5. The molecular formula is C22H33NO3. The number of esters is 1. The molecule has 2 aliphatic rings. The fourth-order valence-corrected chi connectivity index (χ4v) is 5.19. The number of ether oxygens (including phenoxy) is 1. The van der Waals surface area contributed by atoms with Gasteiger partial charge in [-0.05, 0) is 88.8 Å². The number of nitrogens with zero attached hydrogens (tertiary/aromatic N) is 1. The average molecular weight is 360 g/mol. The minimum atomic E-state index is -0.422. The number of hydrogen-bond donors (Lipinski definition) is 1. The maximum Gasteiger partial charge on any atom is 0.306 e. The summed E-state index contributed by atoms with van der Waals surface area (Å²) in [5, 5.41) is 10.2. The third-order valence-electron chi connectivity index (χ3n) is 6.46. The normalized spacial score (nSPS) is 27.7. The monoisotopic (exact) mass is 359 g/mol. The first kappa shape index (κ1) is 19.2. The van der Waals surface area contributed by atoms with Crippen LogP contribution in [0.4, 0.5) is 0 Å². The summed E-state index contributed by atoms with van der Waals surface area (Å²) in [7, 11) is 4.19. The predicted octanol–water partition coefficient (Wildman–Crippen LogP) is 4.18. The summed E-state index contributed by atoms with van der Waals surface area (Å²) in [6.07, 6.45) is 8.28. The molecule has 0 amide bonds. The number of aryl methyl sites for hydroxylation is 1. The van der Waals surface area contributed by atoms with Crippen LogP contribution >= 0.6 is 0 Å². The lowest BCUT2D eigenvalue weighted by atomic mass is 9.53. The van der Waals surface area contributed by atoms with E-state index in [0.717, 1.165) is 57.9 Å². The highest BCUT2D eigenvalue weighted by atomic mass is 16.6. The highest BCUT2D eigenvalue weighted by Crippen LogP contribution is 2.57. The van der Waals surface area contributed by atoms with Crippen LogP contribution < -0.4 is 0 Å². The van der Waals surface area contributed by atoms with Crippen LogP contribution in [-0.2, 0) is 21.4 Å². The molecule has 0 bridgehead atoms. The van der Waals surface area contributed by atoms with Crippen LogP contribution in [0.5, 0.6) is 5.75 Å². The Morgan fingerprint density at radius 1 is 1.23 bits per heavy atom. The van der Waals surface area contributed by atoms with Crippen molar-refractivity contribution in [3.05, 3.63) is 29.3 Å². The zero-order chi connectivity index (χ0) is 18.8. The van der Waals surface area contributed by atoms with Gasteiger partial charge in [0.2, 0.25) is 0 Å². The SMILES string of the molecule is CCCC(=O)O[C@@]12CCCC[C@]1(CCN(C)C)c1cc(O)ccc1CC2. The van der Waals surface area contributed by atoms with Crippen LogP contribution in [0, 0.1) is 0 Å². The van der Waals surface area contributed by atoms with Crippen molar-refractivity contribution in [3.8, 4) is 5.75 Å². The lowest BCUT2D eigenvalue weighted by Crippen LogP contribution is -2.59. The van der Waals surface area contributed by atoms with Crippen molar-refractivity contribution >= 4 is 5.97 Å². The molecule has 26 heavy (non-hydrogen) atoms. The summed E-state index contributed by atoms with van der Waals surface area (Å²) in [5.74, 6) is 0.251. The molecule has 1 aromatic rings. The average Bonchev–Trinajstić information content (AvgIpc) is 2.60. The molecule has 0 aliphatic heterocycles. The number of rotatable bonds is 6. The van der Waals surface area contributed by atoms with Crippen LogP contribution in [0.15, 0.2) is 18.2 Å². The van der Waals surface area contributed by atoms with E-state index in [1.165, 1.54) is 11.1 Å². The number of aromatic hydroxyl groups is 1. The molecule has 0 spiro atoms. The van der Waals surface area contributed by atoms with Crippen molar-refractivity contribution in [2.45, 2.75) is 75.7 Å². The van der Waals surface area contributed by atoms with Crippen molar-refractivity contribution in [2.24, 2.45) is 0 Å². The molecule has 3 rings (SSSR count). The maximum absolute atomic E-state index is 12.5. The van der Waals surface area contributed by atoms with Crippen LogP contribution in [0.1, 0.15) is 69.4 Å². The highest BCUT2D eigenvalue weighted by molar-refractivity contribution is 5.70. The molecule has 0 aromatic heterocycles. The molecule has 1 N–H and O–H groups in total.